The number of nitrogens with one attached hydrogen (secondary N) is 4. The average molecular weight is 734 g/mol. The molecule has 0 fully saturated rings. The summed E-state index contributed by atoms with van der Waals surface area (Å²) in [6.45, 7) is -0.398. The summed E-state index contributed by atoms with van der Waals surface area (Å²) in [5, 5.41) is 27.5. The number of unbranched alkanes of at least 4 members (excludes halogenated alkanes) is 1. The third-order valence-electron chi connectivity index (χ3n) is 9.01. The fraction of sp³-hybridized carbons (Fsp3) is 0.421. The van der Waals surface area contributed by atoms with E-state index in [1.807, 2.05) is 42.5 Å². The molecule has 0 aliphatic carbocycles. The van der Waals surface area contributed by atoms with E-state index in [-0.39, 0.29) is 38.5 Å². The summed E-state index contributed by atoms with van der Waals surface area (Å²) >= 11 is 0. The van der Waals surface area contributed by atoms with E-state index in [9.17, 15) is 33.5 Å². The van der Waals surface area contributed by atoms with Gasteiger partial charge in [-0.25, -0.2) is 4.39 Å². The maximum absolute atomic E-state index is 13.7. The van der Waals surface area contributed by atoms with Gasteiger partial charge in [-0.1, -0.05) is 54.6 Å². The van der Waals surface area contributed by atoms with Gasteiger partial charge in [0.1, 0.15) is 17.9 Å². The highest BCUT2D eigenvalue weighted by Crippen LogP contribution is 2.20. The van der Waals surface area contributed by atoms with Crippen molar-refractivity contribution in [3.63, 3.8) is 0 Å². The number of benzene rings is 3. The van der Waals surface area contributed by atoms with Crippen molar-refractivity contribution in [1.29, 1.82) is 5.41 Å². The number of aliphatic hydroxyl groups is 1. The SMILES string of the molecule is CN(C(=O)CCc1ccc(F)cc1)[C@@H](CCC(NC(=N)N)C(=O)[C@H](CO)NC(=O)[C@@H](N)Cc1cccc2ccccc12)C(=O)N[C@@H]([C]=O)CCCCN. The van der Waals surface area contributed by atoms with Crippen LogP contribution in [0.5, 0.6) is 0 Å². The molecular weight excluding hydrogens is 683 g/mol. The smallest absolute Gasteiger partial charge is 0.243 e. The number of rotatable bonds is 22. The van der Waals surface area contributed by atoms with E-state index in [1.54, 1.807) is 18.4 Å². The highest BCUT2D eigenvalue weighted by molar-refractivity contribution is 5.96. The lowest BCUT2D eigenvalue weighted by atomic mass is 9.96. The summed E-state index contributed by atoms with van der Waals surface area (Å²) in [5.41, 5.74) is 18.9. The van der Waals surface area contributed by atoms with Crippen LogP contribution < -0.4 is 33.2 Å². The van der Waals surface area contributed by atoms with E-state index < -0.39 is 72.1 Å². The lowest BCUT2D eigenvalue weighted by Gasteiger charge is -2.30. The molecule has 3 aromatic carbocycles. The summed E-state index contributed by atoms with van der Waals surface area (Å²) in [4.78, 5) is 66.8. The number of amides is 3. The Morgan fingerprint density at radius 3 is 2.26 bits per heavy atom. The number of fused-ring (bicyclic) bond motifs is 1. The molecule has 14 nitrogen and oxygen atoms in total. The molecule has 1 radical (unpaired) electrons. The molecule has 15 heteroatoms. The number of carbonyl (C=O) groups excluding carboxylic acids is 5. The zero-order valence-electron chi connectivity index (χ0n) is 29.9. The van der Waals surface area contributed by atoms with Gasteiger partial charge in [0.05, 0.1) is 24.7 Å². The third-order valence-corrected chi connectivity index (χ3v) is 9.01. The topological polar surface area (TPSA) is 247 Å². The van der Waals surface area contributed by atoms with Crippen molar-refractivity contribution < 1.29 is 33.5 Å². The van der Waals surface area contributed by atoms with Gasteiger partial charge in [0.15, 0.2) is 11.7 Å². The molecule has 0 heterocycles. The molecule has 3 amide bonds. The molecule has 0 saturated carbocycles. The predicted octanol–water partition coefficient (Wildman–Crippen LogP) is 0.710. The predicted molar refractivity (Wildman–Crippen MR) is 200 cm³/mol. The molecule has 0 bridgehead atoms. The molecule has 3 rings (SSSR count). The number of carbonyl (C=O) groups is 4. The summed E-state index contributed by atoms with van der Waals surface area (Å²) in [6, 6.07) is 12.9. The van der Waals surface area contributed by atoms with Crippen molar-refractivity contribution in [3.05, 3.63) is 83.7 Å². The Morgan fingerprint density at radius 1 is 0.906 bits per heavy atom. The minimum atomic E-state index is -1.45. The summed E-state index contributed by atoms with van der Waals surface area (Å²) in [7, 11) is 1.41. The number of aryl methyl sites for hydroxylation is 1. The Kier molecular flexibility index (Phi) is 17.0. The Hall–Kier alpha value is -5.25. The molecule has 0 saturated heterocycles. The van der Waals surface area contributed by atoms with E-state index in [0.717, 1.165) is 16.3 Å². The van der Waals surface area contributed by atoms with Crippen molar-refractivity contribution in [1.82, 2.24) is 20.9 Å². The Labute approximate surface area is 308 Å². The van der Waals surface area contributed by atoms with Gasteiger partial charge in [-0.15, -0.1) is 0 Å². The summed E-state index contributed by atoms with van der Waals surface area (Å²) in [6.07, 6.45) is 3.30. The molecular formula is C38H50FN8O6. The average Bonchev–Trinajstić information content (AvgIpc) is 3.15. The number of halogens is 1. The fourth-order valence-corrected chi connectivity index (χ4v) is 6.00. The van der Waals surface area contributed by atoms with Crippen LogP contribution in [-0.2, 0) is 36.8 Å². The van der Waals surface area contributed by atoms with Crippen LogP contribution in [0.4, 0.5) is 4.39 Å². The van der Waals surface area contributed by atoms with Gasteiger partial charge < -0.3 is 43.2 Å². The minimum Gasteiger partial charge on any atom is -0.394 e. The Bertz CT molecular complexity index is 1700. The van der Waals surface area contributed by atoms with Crippen molar-refractivity contribution in [3.8, 4) is 0 Å². The first kappa shape index (κ1) is 42.2. The van der Waals surface area contributed by atoms with Crippen molar-refractivity contribution in [2.24, 2.45) is 17.2 Å². The van der Waals surface area contributed by atoms with E-state index >= 15 is 0 Å². The highest BCUT2D eigenvalue weighted by atomic mass is 19.1. The first-order valence-electron chi connectivity index (χ1n) is 17.5. The van der Waals surface area contributed by atoms with Gasteiger partial charge in [0.2, 0.25) is 24.0 Å². The molecule has 5 atom stereocenters. The van der Waals surface area contributed by atoms with Gasteiger partial charge in [-0.05, 0) is 85.5 Å². The van der Waals surface area contributed by atoms with Crippen LogP contribution in [-0.4, -0.2) is 96.2 Å². The minimum absolute atomic E-state index is 0.0304. The molecule has 0 aromatic heterocycles. The summed E-state index contributed by atoms with van der Waals surface area (Å²) in [5.74, 6) is -3.55. The largest absolute Gasteiger partial charge is 0.394 e. The Balaban J connectivity index is 1.76. The van der Waals surface area contributed by atoms with Gasteiger partial charge in [-0.3, -0.25) is 29.4 Å². The maximum Gasteiger partial charge on any atom is 0.243 e. The molecule has 0 aliphatic heterocycles. The fourth-order valence-electron chi connectivity index (χ4n) is 6.00. The number of hydrogen-bond acceptors (Lipinski definition) is 9. The molecule has 0 aliphatic rings. The van der Waals surface area contributed by atoms with Crippen LogP contribution in [0.2, 0.25) is 0 Å². The van der Waals surface area contributed by atoms with Crippen molar-refractivity contribution in [2.75, 3.05) is 20.2 Å². The number of aliphatic hydroxyl groups excluding tert-OH is 1. The van der Waals surface area contributed by atoms with Crippen LogP contribution in [0.1, 0.15) is 49.7 Å². The van der Waals surface area contributed by atoms with Crippen LogP contribution in [0, 0.1) is 11.2 Å². The van der Waals surface area contributed by atoms with Crippen LogP contribution in [0.25, 0.3) is 10.8 Å². The number of hydrogen-bond donors (Lipinski definition) is 8. The zero-order chi connectivity index (χ0) is 38.9. The number of nitrogens with zero attached hydrogens (tertiary/aromatic N) is 1. The standard InChI is InChI=1S/C38H50FN8O6/c1-47(34(50)19-14-24-12-15-27(39)16-13-24)33(37(53)44-28(22-48)10-4-5-20-40)18-17-31(46-38(42)43)35(51)32(23-49)45-36(52)30(41)21-26-9-6-8-25-7-2-3-11-29(25)26/h2-3,6-9,11-13,15-16,28,30-33,49H,4-5,10,14,17-21,23,40-41H2,1H3,(H,44,53)(H,45,52)(H4,42,43,46)/t28-,30+,31?,32+,33+/m1/s1. The molecule has 11 N–H and O–H groups in total. The Morgan fingerprint density at radius 2 is 1.60 bits per heavy atom. The number of Topliss-reactive ketones (excluding diaryl/α,β-unsaturated/α-hetero) is 1. The van der Waals surface area contributed by atoms with Gasteiger partial charge >= 0.3 is 0 Å². The molecule has 3 aromatic rings. The number of ketones is 1. The lowest BCUT2D eigenvalue weighted by Crippen LogP contribution is -2.57. The number of guanidine groups is 1. The normalized spacial score (nSPS) is 13.9. The van der Waals surface area contributed by atoms with Gasteiger partial charge in [0, 0.05) is 13.5 Å². The van der Waals surface area contributed by atoms with Crippen LogP contribution >= 0.6 is 0 Å². The monoisotopic (exact) mass is 733 g/mol. The quantitative estimate of drug-likeness (QED) is 0.0408. The van der Waals surface area contributed by atoms with Crippen molar-refractivity contribution >= 4 is 46.5 Å². The molecule has 0 spiro atoms. The lowest BCUT2D eigenvalue weighted by molar-refractivity contribution is -0.139. The van der Waals surface area contributed by atoms with E-state index in [2.05, 4.69) is 16.0 Å². The second-order valence-electron chi connectivity index (χ2n) is 12.9. The maximum atomic E-state index is 13.7. The third kappa shape index (κ3) is 13.0. The van der Waals surface area contributed by atoms with Crippen LogP contribution in [0.3, 0.4) is 0 Å². The molecule has 1 unspecified atom stereocenters. The number of likely N-dealkylation sites (N-methyl/N-ethyl adjacent to an activating group) is 1. The number of nitrogens with two attached hydrogens (primary N) is 3. The van der Waals surface area contributed by atoms with E-state index in [4.69, 9.17) is 22.6 Å². The van der Waals surface area contributed by atoms with E-state index in [1.165, 1.54) is 24.1 Å². The first-order chi connectivity index (χ1) is 25.4. The van der Waals surface area contributed by atoms with Gasteiger partial charge in [-0.2, -0.15) is 0 Å². The van der Waals surface area contributed by atoms with Crippen molar-refractivity contribution in [2.45, 2.75) is 81.6 Å². The second kappa shape index (κ2) is 21.3. The summed E-state index contributed by atoms with van der Waals surface area (Å²) < 4.78 is 13.4. The van der Waals surface area contributed by atoms with Crippen LogP contribution in [0.15, 0.2) is 66.7 Å². The molecule has 53 heavy (non-hydrogen) atoms. The highest BCUT2D eigenvalue weighted by Gasteiger charge is 2.34. The van der Waals surface area contributed by atoms with Gasteiger partial charge in [0.25, 0.3) is 0 Å². The second-order valence-corrected chi connectivity index (χ2v) is 12.9. The molecule has 285 valence electrons. The first-order valence-corrected chi connectivity index (χ1v) is 17.5. The van der Waals surface area contributed by atoms with E-state index in [0.29, 0.717) is 24.9 Å². The zero-order valence-corrected chi connectivity index (χ0v) is 29.9.